The molecule has 0 aromatic carbocycles. The van der Waals surface area contributed by atoms with E-state index in [4.69, 9.17) is 4.74 Å². The lowest BCUT2D eigenvalue weighted by Gasteiger charge is -2.37. The standard InChI is InChI=1S/C13H26N2O.ClH/c1-11-10-16-12(2)9-15(11)8-5-13-3-6-14-7-4-13;/h11-14H,3-10H2,1-2H3;1H. The molecule has 2 aliphatic heterocycles. The first kappa shape index (κ1) is 15.2. The van der Waals surface area contributed by atoms with Crippen LogP contribution in [0, 0.1) is 5.92 Å². The van der Waals surface area contributed by atoms with Crippen molar-refractivity contribution in [2.45, 2.75) is 45.3 Å². The van der Waals surface area contributed by atoms with E-state index < -0.39 is 0 Å². The van der Waals surface area contributed by atoms with Crippen LogP contribution in [0.4, 0.5) is 0 Å². The van der Waals surface area contributed by atoms with Crippen LogP contribution < -0.4 is 5.32 Å². The number of nitrogens with one attached hydrogen (secondary N) is 1. The molecule has 0 saturated carbocycles. The third kappa shape index (κ3) is 4.74. The smallest absolute Gasteiger partial charge is 0.0674 e. The summed E-state index contributed by atoms with van der Waals surface area (Å²) in [5.74, 6) is 0.951. The zero-order chi connectivity index (χ0) is 11.4. The highest BCUT2D eigenvalue weighted by atomic mass is 35.5. The Hall–Kier alpha value is 0.170. The third-order valence-corrected chi connectivity index (χ3v) is 4.02. The Morgan fingerprint density at radius 2 is 1.94 bits per heavy atom. The van der Waals surface area contributed by atoms with Gasteiger partial charge in [0.15, 0.2) is 0 Å². The molecule has 1 N–H and O–H groups in total. The Morgan fingerprint density at radius 1 is 1.24 bits per heavy atom. The normalized spacial score (nSPS) is 32.1. The summed E-state index contributed by atoms with van der Waals surface area (Å²) in [5, 5.41) is 3.43. The molecule has 0 aromatic rings. The van der Waals surface area contributed by atoms with Gasteiger partial charge in [0.05, 0.1) is 12.7 Å². The Kier molecular flexibility index (Phi) is 6.78. The quantitative estimate of drug-likeness (QED) is 0.841. The number of hydrogen-bond acceptors (Lipinski definition) is 3. The molecule has 2 aliphatic rings. The Balaban J connectivity index is 0.00000144. The van der Waals surface area contributed by atoms with Gasteiger partial charge in [-0.15, -0.1) is 12.4 Å². The van der Waals surface area contributed by atoms with E-state index in [0.29, 0.717) is 12.1 Å². The van der Waals surface area contributed by atoms with E-state index in [9.17, 15) is 0 Å². The summed E-state index contributed by atoms with van der Waals surface area (Å²) in [7, 11) is 0. The van der Waals surface area contributed by atoms with Crippen molar-refractivity contribution in [3.05, 3.63) is 0 Å². The van der Waals surface area contributed by atoms with Crippen LogP contribution in [0.15, 0.2) is 0 Å². The molecule has 2 heterocycles. The van der Waals surface area contributed by atoms with E-state index in [1.54, 1.807) is 0 Å². The van der Waals surface area contributed by atoms with Crippen LogP contribution in [0.5, 0.6) is 0 Å². The van der Waals surface area contributed by atoms with Gasteiger partial charge < -0.3 is 10.1 Å². The van der Waals surface area contributed by atoms with Crippen LogP contribution in [0.1, 0.15) is 33.1 Å². The molecular weight excluding hydrogens is 236 g/mol. The summed E-state index contributed by atoms with van der Waals surface area (Å²) < 4.78 is 5.66. The molecule has 0 bridgehead atoms. The van der Waals surface area contributed by atoms with Gasteiger partial charge in [0.1, 0.15) is 0 Å². The fourth-order valence-electron chi connectivity index (χ4n) is 2.80. The SMILES string of the molecule is CC1CN(CCC2CCNCC2)C(C)CO1.Cl. The minimum absolute atomic E-state index is 0. The summed E-state index contributed by atoms with van der Waals surface area (Å²) in [6, 6.07) is 0.609. The fraction of sp³-hybridized carbons (Fsp3) is 1.00. The zero-order valence-corrected chi connectivity index (χ0v) is 12.0. The second-order valence-electron chi connectivity index (χ2n) is 5.47. The number of hydrogen-bond donors (Lipinski definition) is 1. The topological polar surface area (TPSA) is 24.5 Å². The number of morpholine rings is 1. The maximum Gasteiger partial charge on any atom is 0.0674 e. The maximum atomic E-state index is 5.66. The molecule has 2 atom stereocenters. The van der Waals surface area contributed by atoms with Crippen molar-refractivity contribution >= 4 is 12.4 Å². The molecule has 2 rings (SSSR count). The van der Waals surface area contributed by atoms with Crippen LogP contribution in [-0.2, 0) is 4.74 Å². The molecular formula is C13H27ClN2O. The molecule has 17 heavy (non-hydrogen) atoms. The highest BCUT2D eigenvalue weighted by molar-refractivity contribution is 5.85. The van der Waals surface area contributed by atoms with Crippen LogP contribution >= 0.6 is 12.4 Å². The highest BCUT2D eigenvalue weighted by Gasteiger charge is 2.24. The molecule has 0 spiro atoms. The van der Waals surface area contributed by atoms with Gasteiger partial charge in [-0.3, -0.25) is 4.90 Å². The average molecular weight is 263 g/mol. The van der Waals surface area contributed by atoms with Gasteiger partial charge in [-0.1, -0.05) is 0 Å². The molecule has 0 amide bonds. The molecule has 102 valence electrons. The van der Waals surface area contributed by atoms with E-state index in [1.807, 2.05) is 0 Å². The molecule has 0 aromatic heterocycles. The first-order valence-electron chi connectivity index (χ1n) is 6.82. The van der Waals surface area contributed by atoms with Crippen LogP contribution in [0.25, 0.3) is 0 Å². The van der Waals surface area contributed by atoms with Crippen molar-refractivity contribution in [2.24, 2.45) is 5.92 Å². The van der Waals surface area contributed by atoms with E-state index in [0.717, 1.165) is 19.1 Å². The monoisotopic (exact) mass is 262 g/mol. The van der Waals surface area contributed by atoms with E-state index in [1.165, 1.54) is 38.9 Å². The molecule has 2 fully saturated rings. The Bertz CT molecular complexity index is 210. The first-order chi connectivity index (χ1) is 7.75. The average Bonchev–Trinajstić information content (AvgIpc) is 2.32. The van der Waals surface area contributed by atoms with Crippen LogP contribution in [0.2, 0.25) is 0 Å². The summed E-state index contributed by atoms with van der Waals surface area (Å²) in [5.41, 5.74) is 0. The van der Waals surface area contributed by atoms with Gasteiger partial charge in [-0.25, -0.2) is 0 Å². The minimum atomic E-state index is 0. The zero-order valence-electron chi connectivity index (χ0n) is 11.2. The molecule has 0 aliphatic carbocycles. The van der Waals surface area contributed by atoms with Gasteiger partial charge in [0, 0.05) is 12.6 Å². The molecule has 0 radical (unpaired) electrons. The lowest BCUT2D eigenvalue weighted by molar-refractivity contribution is -0.0510. The minimum Gasteiger partial charge on any atom is -0.376 e. The largest absolute Gasteiger partial charge is 0.376 e. The summed E-state index contributed by atoms with van der Waals surface area (Å²) in [4.78, 5) is 2.61. The summed E-state index contributed by atoms with van der Waals surface area (Å²) >= 11 is 0. The second-order valence-corrected chi connectivity index (χ2v) is 5.47. The number of piperidine rings is 1. The van der Waals surface area contributed by atoms with Crippen molar-refractivity contribution in [3.63, 3.8) is 0 Å². The summed E-state index contributed by atoms with van der Waals surface area (Å²) in [6.07, 6.45) is 4.53. The summed E-state index contributed by atoms with van der Waals surface area (Å²) in [6.45, 7) is 10.2. The molecule has 4 heteroatoms. The van der Waals surface area contributed by atoms with Gasteiger partial charge in [0.25, 0.3) is 0 Å². The van der Waals surface area contributed by atoms with Crippen molar-refractivity contribution in [1.29, 1.82) is 0 Å². The van der Waals surface area contributed by atoms with Gasteiger partial charge in [-0.2, -0.15) is 0 Å². The van der Waals surface area contributed by atoms with Crippen molar-refractivity contribution in [1.82, 2.24) is 10.2 Å². The number of rotatable bonds is 3. The van der Waals surface area contributed by atoms with Crippen molar-refractivity contribution in [2.75, 3.05) is 32.8 Å². The third-order valence-electron chi connectivity index (χ3n) is 4.02. The molecule has 3 nitrogen and oxygen atoms in total. The highest BCUT2D eigenvalue weighted by Crippen LogP contribution is 2.19. The first-order valence-corrected chi connectivity index (χ1v) is 6.82. The Labute approximate surface area is 112 Å². The predicted molar refractivity (Wildman–Crippen MR) is 73.9 cm³/mol. The second kappa shape index (κ2) is 7.57. The number of halogens is 1. The number of nitrogens with zero attached hydrogens (tertiary/aromatic N) is 1. The van der Waals surface area contributed by atoms with Gasteiger partial charge in [0.2, 0.25) is 0 Å². The fourth-order valence-corrected chi connectivity index (χ4v) is 2.80. The van der Waals surface area contributed by atoms with Crippen molar-refractivity contribution in [3.8, 4) is 0 Å². The molecule has 2 saturated heterocycles. The maximum absolute atomic E-state index is 5.66. The Morgan fingerprint density at radius 3 is 2.65 bits per heavy atom. The van der Waals surface area contributed by atoms with E-state index in [-0.39, 0.29) is 12.4 Å². The van der Waals surface area contributed by atoms with E-state index >= 15 is 0 Å². The van der Waals surface area contributed by atoms with Crippen LogP contribution in [0.3, 0.4) is 0 Å². The number of ether oxygens (including phenoxy) is 1. The van der Waals surface area contributed by atoms with Gasteiger partial charge >= 0.3 is 0 Å². The molecule has 2 unspecified atom stereocenters. The van der Waals surface area contributed by atoms with Crippen LogP contribution in [-0.4, -0.2) is 49.8 Å². The lowest BCUT2D eigenvalue weighted by Crippen LogP contribution is -2.48. The predicted octanol–water partition coefficient (Wildman–Crippen LogP) is 1.91. The van der Waals surface area contributed by atoms with E-state index in [2.05, 4.69) is 24.1 Å². The lowest BCUT2D eigenvalue weighted by atomic mass is 9.94. The van der Waals surface area contributed by atoms with Gasteiger partial charge in [-0.05, 0) is 58.7 Å². The van der Waals surface area contributed by atoms with Crippen molar-refractivity contribution < 1.29 is 4.74 Å².